The number of amides is 2. The van der Waals surface area contributed by atoms with Crippen LogP contribution in [0.5, 0.6) is 0 Å². The zero-order chi connectivity index (χ0) is 15.2. The SMILES string of the molecule is CNC(=O)C1CCN(CC(=O)Nc2ccccc2F)CC1. The summed E-state index contributed by atoms with van der Waals surface area (Å²) in [5, 5.41) is 5.22. The predicted octanol–water partition coefficient (Wildman–Crippen LogP) is 1.22. The number of nitrogens with one attached hydrogen (secondary N) is 2. The summed E-state index contributed by atoms with van der Waals surface area (Å²) in [6, 6.07) is 6.09. The number of likely N-dealkylation sites (tertiary alicyclic amines) is 1. The molecule has 1 aliphatic rings. The van der Waals surface area contributed by atoms with Gasteiger partial charge in [0.1, 0.15) is 5.82 Å². The summed E-state index contributed by atoms with van der Waals surface area (Å²) in [5.74, 6) is -0.589. The minimum Gasteiger partial charge on any atom is -0.359 e. The molecule has 6 heteroatoms. The van der Waals surface area contributed by atoms with E-state index in [0.29, 0.717) is 13.1 Å². The lowest BCUT2D eigenvalue weighted by molar-refractivity contribution is -0.126. The molecular formula is C15H20FN3O2. The maximum absolute atomic E-state index is 13.4. The van der Waals surface area contributed by atoms with Crippen LogP contribution < -0.4 is 10.6 Å². The maximum Gasteiger partial charge on any atom is 0.238 e. The number of anilines is 1. The van der Waals surface area contributed by atoms with E-state index >= 15 is 0 Å². The Morgan fingerprint density at radius 1 is 1.29 bits per heavy atom. The van der Waals surface area contributed by atoms with Crippen LogP contribution in [0.4, 0.5) is 10.1 Å². The Bertz CT molecular complexity index is 513. The highest BCUT2D eigenvalue weighted by molar-refractivity contribution is 5.92. The van der Waals surface area contributed by atoms with Gasteiger partial charge in [0, 0.05) is 13.0 Å². The first kappa shape index (κ1) is 15.4. The van der Waals surface area contributed by atoms with E-state index in [-0.39, 0.29) is 30.0 Å². The van der Waals surface area contributed by atoms with Gasteiger partial charge in [0.25, 0.3) is 0 Å². The van der Waals surface area contributed by atoms with Crippen LogP contribution in [0.25, 0.3) is 0 Å². The molecular weight excluding hydrogens is 273 g/mol. The molecule has 2 N–H and O–H groups in total. The molecule has 0 unspecified atom stereocenters. The van der Waals surface area contributed by atoms with Gasteiger partial charge in [-0.1, -0.05) is 12.1 Å². The van der Waals surface area contributed by atoms with Crippen molar-refractivity contribution in [3.05, 3.63) is 30.1 Å². The summed E-state index contributed by atoms with van der Waals surface area (Å²) in [6.45, 7) is 1.61. The van der Waals surface area contributed by atoms with Crippen LogP contribution in [0, 0.1) is 11.7 Å². The fourth-order valence-corrected chi connectivity index (χ4v) is 2.51. The Hall–Kier alpha value is -1.95. The van der Waals surface area contributed by atoms with E-state index < -0.39 is 5.82 Å². The van der Waals surface area contributed by atoms with Crippen molar-refractivity contribution < 1.29 is 14.0 Å². The smallest absolute Gasteiger partial charge is 0.238 e. The van der Waals surface area contributed by atoms with E-state index in [9.17, 15) is 14.0 Å². The van der Waals surface area contributed by atoms with Crippen LogP contribution in [0.15, 0.2) is 24.3 Å². The minimum atomic E-state index is -0.441. The monoisotopic (exact) mass is 293 g/mol. The van der Waals surface area contributed by atoms with Crippen LogP contribution in [0.3, 0.4) is 0 Å². The van der Waals surface area contributed by atoms with Crippen molar-refractivity contribution in [1.29, 1.82) is 0 Å². The van der Waals surface area contributed by atoms with Crippen molar-refractivity contribution in [1.82, 2.24) is 10.2 Å². The standard InChI is InChI=1S/C15H20FN3O2/c1-17-15(21)11-6-8-19(9-7-11)10-14(20)18-13-5-3-2-4-12(13)16/h2-5,11H,6-10H2,1H3,(H,17,21)(H,18,20). The summed E-state index contributed by atoms with van der Waals surface area (Å²) in [5.41, 5.74) is 0.197. The number of para-hydroxylation sites is 1. The van der Waals surface area contributed by atoms with Gasteiger partial charge in [0.15, 0.2) is 0 Å². The van der Waals surface area contributed by atoms with Crippen molar-refractivity contribution in [2.24, 2.45) is 5.92 Å². The number of halogens is 1. The number of hydrogen-bond acceptors (Lipinski definition) is 3. The number of benzene rings is 1. The van der Waals surface area contributed by atoms with E-state index in [2.05, 4.69) is 10.6 Å². The number of piperidine rings is 1. The van der Waals surface area contributed by atoms with Gasteiger partial charge < -0.3 is 10.6 Å². The van der Waals surface area contributed by atoms with Gasteiger partial charge in [-0.3, -0.25) is 14.5 Å². The van der Waals surface area contributed by atoms with Crippen molar-refractivity contribution in [3.63, 3.8) is 0 Å². The summed E-state index contributed by atoms with van der Waals surface area (Å²) >= 11 is 0. The molecule has 1 aromatic rings. The molecule has 0 saturated carbocycles. The summed E-state index contributed by atoms with van der Waals surface area (Å²) in [6.07, 6.45) is 1.49. The Morgan fingerprint density at radius 2 is 1.95 bits per heavy atom. The van der Waals surface area contributed by atoms with Gasteiger partial charge in [-0.15, -0.1) is 0 Å². The molecule has 1 fully saturated rings. The van der Waals surface area contributed by atoms with E-state index in [1.165, 1.54) is 12.1 Å². The molecule has 1 aliphatic heterocycles. The Labute approximate surface area is 123 Å². The van der Waals surface area contributed by atoms with Gasteiger partial charge in [-0.05, 0) is 38.1 Å². The zero-order valence-corrected chi connectivity index (χ0v) is 12.1. The van der Waals surface area contributed by atoms with Crippen LogP contribution in [0.1, 0.15) is 12.8 Å². The third-order valence-corrected chi connectivity index (χ3v) is 3.72. The van der Waals surface area contributed by atoms with Crippen molar-refractivity contribution in [2.45, 2.75) is 12.8 Å². The van der Waals surface area contributed by atoms with E-state index in [0.717, 1.165) is 12.8 Å². The Kier molecular flexibility index (Phi) is 5.27. The molecule has 0 aliphatic carbocycles. The normalized spacial score (nSPS) is 16.5. The van der Waals surface area contributed by atoms with Crippen LogP contribution in [0.2, 0.25) is 0 Å². The van der Waals surface area contributed by atoms with Crippen LogP contribution in [-0.2, 0) is 9.59 Å². The first-order chi connectivity index (χ1) is 10.1. The summed E-state index contributed by atoms with van der Waals surface area (Å²) in [4.78, 5) is 25.4. The van der Waals surface area contributed by atoms with E-state index in [1.807, 2.05) is 4.90 Å². The number of carbonyl (C=O) groups is 2. The van der Waals surface area contributed by atoms with Crippen molar-refractivity contribution in [3.8, 4) is 0 Å². The first-order valence-electron chi connectivity index (χ1n) is 7.08. The number of rotatable bonds is 4. The van der Waals surface area contributed by atoms with Crippen LogP contribution >= 0.6 is 0 Å². The Morgan fingerprint density at radius 3 is 2.57 bits per heavy atom. The van der Waals surface area contributed by atoms with Crippen molar-refractivity contribution in [2.75, 3.05) is 32.0 Å². The van der Waals surface area contributed by atoms with Gasteiger partial charge in [0.2, 0.25) is 11.8 Å². The lowest BCUT2D eigenvalue weighted by Gasteiger charge is -2.30. The largest absolute Gasteiger partial charge is 0.359 e. The van der Waals surface area contributed by atoms with Crippen LogP contribution in [-0.4, -0.2) is 43.4 Å². The molecule has 2 rings (SSSR count). The van der Waals surface area contributed by atoms with Gasteiger partial charge in [-0.2, -0.15) is 0 Å². The predicted molar refractivity (Wildman–Crippen MR) is 78.3 cm³/mol. The topological polar surface area (TPSA) is 61.4 Å². The molecule has 0 aromatic heterocycles. The highest BCUT2D eigenvalue weighted by atomic mass is 19.1. The number of carbonyl (C=O) groups excluding carboxylic acids is 2. The average molecular weight is 293 g/mol. The third kappa shape index (κ3) is 4.26. The molecule has 1 aromatic carbocycles. The molecule has 21 heavy (non-hydrogen) atoms. The number of hydrogen-bond donors (Lipinski definition) is 2. The summed E-state index contributed by atoms with van der Waals surface area (Å²) in [7, 11) is 1.64. The number of nitrogens with zero attached hydrogens (tertiary/aromatic N) is 1. The minimum absolute atomic E-state index is 0.0286. The second-order valence-electron chi connectivity index (χ2n) is 5.19. The van der Waals surface area contributed by atoms with Gasteiger partial charge in [0.05, 0.1) is 12.2 Å². The fourth-order valence-electron chi connectivity index (χ4n) is 2.51. The molecule has 0 spiro atoms. The fraction of sp³-hybridized carbons (Fsp3) is 0.467. The Balaban J connectivity index is 1.80. The lowest BCUT2D eigenvalue weighted by Crippen LogP contribution is -2.42. The molecule has 114 valence electrons. The molecule has 5 nitrogen and oxygen atoms in total. The quantitative estimate of drug-likeness (QED) is 0.877. The highest BCUT2D eigenvalue weighted by Gasteiger charge is 2.25. The molecule has 0 atom stereocenters. The second kappa shape index (κ2) is 7.17. The van der Waals surface area contributed by atoms with Gasteiger partial charge in [-0.25, -0.2) is 4.39 Å². The molecule has 0 bridgehead atoms. The summed E-state index contributed by atoms with van der Waals surface area (Å²) < 4.78 is 13.4. The maximum atomic E-state index is 13.4. The lowest BCUT2D eigenvalue weighted by atomic mass is 9.96. The van der Waals surface area contributed by atoms with Gasteiger partial charge >= 0.3 is 0 Å². The molecule has 2 amide bonds. The molecule has 0 radical (unpaired) electrons. The first-order valence-corrected chi connectivity index (χ1v) is 7.08. The van der Waals surface area contributed by atoms with E-state index in [1.54, 1.807) is 19.2 Å². The van der Waals surface area contributed by atoms with E-state index in [4.69, 9.17) is 0 Å². The zero-order valence-electron chi connectivity index (χ0n) is 12.1. The second-order valence-corrected chi connectivity index (χ2v) is 5.19. The average Bonchev–Trinajstić information content (AvgIpc) is 2.49. The molecule has 1 saturated heterocycles. The van der Waals surface area contributed by atoms with Crippen molar-refractivity contribution >= 4 is 17.5 Å². The highest BCUT2D eigenvalue weighted by Crippen LogP contribution is 2.17. The molecule has 1 heterocycles. The third-order valence-electron chi connectivity index (χ3n) is 3.72.